The van der Waals surface area contributed by atoms with Crippen molar-refractivity contribution in [2.75, 3.05) is 0 Å². The Morgan fingerprint density at radius 1 is 1.53 bits per heavy atom. The molecule has 0 aliphatic carbocycles. The number of aliphatic hydroxyl groups is 1. The van der Waals surface area contributed by atoms with E-state index < -0.39 is 11.9 Å². The minimum Gasteiger partial charge on any atom is -0.386 e. The fraction of sp³-hybridized carbons (Fsp3) is 0.250. The number of hydrogen-bond acceptors (Lipinski definition) is 3. The highest BCUT2D eigenvalue weighted by Crippen LogP contribution is 2.24. The third-order valence-corrected chi connectivity index (χ3v) is 3.65. The highest BCUT2D eigenvalue weighted by Gasteiger charge is 2.14. The molecule has 1 atom stereocenters. The fourth-order valence-electron chi connectivity index (χ4n) is 1.51. The van der Waals surface area contributed by atoms with Crippen molar-refractivity contribution in [3.8, 4) is 0 Å². The second kappa shape index (κ2) is 5.12. The summed E-state index contributed by atoms with van der Waals surface area (Å²) >= 11 is 7.04. The van der Waals surface area contributed by atoms with Gasteiger partial charge in [0.15, 0.2) is 0 Å². The first-order valence-corrected chi connectivity index (χ1v) is 6.36. The number of nitrogens with zero attached hydrogens (tertiary/aromatic N) is 1. The van der Waals surface area contributed by atoms with Crippen LogP contribution in [0.3, 0.4) is 0 Å². The molecule has 1 aromatic heterocycles. The molecule has 0 amide bonds. The van der Waals surface area contributed by atoms with E-state index in [1.807, 2.05) is 12.3 Å². The standard InChI is InChI=1S/C12H11ClFNOS/c1-7-6-17-12(15-7)11(16)4-8-2-3-9(13)5-10(8)14/h2-3,5-6,11,16H,4H2,1H3. The molecule has 1 N–H and O–H groups in total. The summed E-state index contributed by atoms with van der Waals surface area (Å²) < 4.78 is 13.5. The van der Waals surface area contributed by atoms with E-state index in [0.29, 0.717) is 15.6 Å². The van der Waals surface area contributed by atoms with E-state index in [1.54, 1.807) is 12.1 Å². The maximum absolute atomic E-state index is 13.5. The molecule has 5 heteroatoms. The van der Waals surface area contributed by atoms with Gasteiger partial charge in [0, 0.05) is 22.5 Å². The fourth-order valence-corrected chi connectivity index (χ4v) is 2.45. The highest BCUT2D eigenvalue weighted by molar-refractivity contribution is 7.09. The summed E-state index contributed by atoms with van der Waals surface area (Å²) in [5, 5.41) is 12.7. The summed E-state index contributed by atoms with van der Waals surface area (Å²) in [6.07, 6.45) is -0.569. The van der Waals surface area contributed by atoms with Crippen LogP contribution in [-0.2, 0) is 6.42 Å². The van der Waals surface area contributed by atoms with Crippen LogP contribution in [0.25, 0.3) is 0 Å². The minimum absolute atomic E-state index is 0.204. The van der Waals surface area contributed by atoms with Gasteiger partial charge in [-0.25, -0.2) is 9.37 Å². The first-order chi connectivity index (χ1) is 8.06. The Morgan fingerprint density at radius 3 is 2.88 bits per heavy atom. The van der Waals surface area contributed by atoms with Crippen LogP contribution in [0.15, 0.2) is 23.6 Å². The number of rotatable bonds is 3. The number of halogens is 2. The number of hydrogen-bond donors (Lipinski definition) is 1. The van der Waals surface area contributed by atoms with Gasteiger partial charge in [0.2, 0.25) is 0 Å². The third kappa shape index (κ3) is 3.03. The number of benzene rings is 1. The molecule has 2 rings (SSSR count). The van der Waals surface area contributed by atoms with E-state index in [2.05, 4.69) is 4.98 Å². The monoisotopic (exact) mass is 271 g/mol. The van der Waals surface area contributed by atoms with E-state index in [1.165, 1.54) is 17.4 Å². The molecule has 0 spiro atoms. The molecule has 0 aliphatic rings. The van der Waals surface area contributed by atoms with Gasteiger partial charge in [0.25, 0.3) is 0 Å². The molecular weight excluding hydrogens is 261 g/mol. The van der Waals surface area contributed by atoms with Gasteiger partial charge >= 0.3 is 0 Å². The van der Waals surface area contributed by atoms with Crippen molar-refractivity contribution in [3.63, 3.8) is 0 Å². The lowest BCUT2D eigenvalue weighted by atomic mass is 10.1. The molecule has 1 heterocycles. The maximum Gasteiger partial charge on any atom is 0.127 e. The van der Waals surface area contributed by atoms with Gasteiger partial charge in [0.05, 0.1) is 0 Å². The van der Waals surface area contributed by atoms with E-state index in [4.69, 9.17) is 11.6 Å². The molecule has 90 valence electrons. The Labute approximate surface area is 108 Å². The van der Waals surface area contributed by atoms with Crippen LogP contribution in [0.4, 0.5) is 4.39 Å². The van der Waals surface area contributed by atoms with Crippen molar-refractivity contribution in [1.29, 1.82) is 0 Å². The normalized spacial score (nSPS) is 12.7. The summed E-state index contributed by atoms with van der Waals surface area (Å²) in [5.41, 5.74) is 1.30. The molecule has 0 radical (unpaired) electrons. The van der Waals surface area contributed by atoms with Crippen molar-refractivity contribution in [2.24, 2.45) is 0 Å². The van der Waals surface area contributed by atoms with Crippen molar-refractivity contribution in [2.45, 2.75) is 19.4 Å². The molecule has 17 heavy (non-hydrogen) atoms. The zero-order valence-electron chi connectivity index (χ0n) is 9.15. The Kier molecular flexibility index (Phi) is 3.76. The summed E-state index contributed by atoms with van der Waals surface area (Å²) in [6, 6.07) is 4.44. The smallest absolute Gasteiger partial charge is 0.127 e. The van der Waals surface area contributed by atoms with Crippen LogP contribution in [0, 0.1) is 12.7 Å². The molecular formula is C12H11ClFNOS. The van der Waals surface area contributed by atoms with Crippen molar-refractivity contribution < 1.29 is 9.50 Å². The predicted molar refractivity (Wildman–Crippen MR) is 66.9 cm³/mol. The lowest BCUT2D eigenvalue weighted by Crippen LogP contribution is -2.03. The quantitative estimate of drug-likeness (QED) is 0.927. The molecule has 1 aromatic carbocycles. The summed E-state index contributed by atoms with van der Waals surface area (Å²) in [4.78, 5) is 4.17. The first kappa shape index (κ1) is 12.5. The van der Waals surface area contributed by atoms with E-state index in [-0.39, 0.29) is 6.42 Å². The summed E-state index contributed by atoms with van der Waals surface area (Å²) in [6.45, 7) is 1.86. The van der Waals surface area contributed by atoms with Crippen LogP contribution in [0.2, 0.25) is 5.02 Å². The second-order valence-electron chi connectivity index (χ2n) is 3.78. The topological polar surface area (TPSA) is 33.1 Å². The Morgan fingerprint density at radius 2 is 2.29 bits per heavy atom. The van der Waals surface area contributed by atoms with Crippen LogP contribution < -0.4 is 0 Å². The molecule has 2 aromatic rings. The summed E-state index contributed by atoms with van der Waals surface area (Å²) in [5.74, 6) is -0.398. The van der Waals surface area contributed by atoms with E-state index in [9.17, 15) is 9.50 Å². The lowest BCUT2D eigenvalue weighted by Gasteiger charge is -2.08. The van der Waals surface area contributed by atoms with Crippen molar-refractivity contribution in [3.05, 3.63) is 50.7 Å². The van der Waals surface area contributed by atoms with Crippen LogP contribution >= 0.6 is 22.9 Å². The number of aryl methyl sites for hydroxylation is 1. The molecule has 0 aliphatic heterocycles. The zero-order chi connectivity index (χ0) is 12.4. The molecule has 1 unspecified atom stereocenters. The molecule has 0 saturated carbocycles. The zero-order valence-corrected chi connectivity index (χ0v) is 10.7. The SMILES string of the molecule is Cc1csc(C(O)Cc2ccc(Cl)cc2F)n1. The first-order valence-electron chi connectivity index (χ1n) is 5.10. The van der Waals surface area contributed by atoms with Gasteiger partial charge in [-0.3, -0.25) is 0 Å². The Bertz CT molecular complexity index is 529. The third-order valence-electron chi connectivity index (χ3n) is 2.35. The molecule has 0 saturated heterocycles. The predicted octanol–water partition coefficient (Wildman–Crippen LogP) is 3.52. The average molecular weight is 272 g/mol. The average Bonchev–Trinajstić information content (AvgIpc) is 2.69. The molecule has 0 bridgehead atoms. The Balaban J connectivity index is 2.15. The van der Waals surface area contributed by atoms with Gasteiger partial charge in [-0.15, -0.1) is 11.3 Å². The second-order valence-corrected chi connectivity index (χ2v) is 5.11. The number of thiazole rings is 1. The molecule has 0 fully saturated rings. The van der Waals surface area contributed by atoms with Gasteiger partial charge in [-0.1, -0.05) is 17.7 Å². The number of aliphatic hydroxyl groups excluding tert-OH is 1. The van der Waals surface area contributed by atoms with E-state index >= 15 is 0 Å². The van der Waals surface area contributed by atoms with Gasteiger partial charge < -0.3 is 5.11 Å². The van der Waals surface area contributed by atoms with Crippen molar-refractivity contribution >= 4 is 22.9 Å². The van der Waals surface area contributed by atoms with E-state index in [0.717, 1.165) is 5.69 Å². The maximum atomic E-state index is 13.5. The van der Waals surface area contributed by atoms with Gasteiger partial charge in [-0.05, 0) is 24.6 Å². The van der Waals surface area contributed by atoms with Gasteiger partial charge in [-0.2, -0.15) is 0 Å². The minimum atomic E-state index is -0.774. The Hall–Kier alpha value is -0.970. The highest BCUT2D eigenvalue weighted by atomic mass is 35.5. The van der Waals surface area contributed by atoms with Crippen LogP contribution in [0.1, 0.15) is 22.4 Å². The molecule has 2 nitrogen and oxygen atoms in total. The summed E-state index contributed by atoms with van der Waals surface area (Å²) in [7, 11) is 0. The van der Waals surface area contributed by atoms with Crippen molar-refractivity contribution in [1.82, 2.24) is 4.98 Å². The van der Waals surface area contributed by atoms with Crippen LogP contribution in [0.5, 0.6) is 0 Å². The largest absolute Gasteiger partial charge is 0.386 e. The number of aromatic nitrogens is 1. The van der Waals surface area contributed by atoms with Crippen LogP contribution in [-0.4, -0.2) is 10.1 Å². The lowest BCUT2D eigenvalue weighted by molar-refractivity contribution is 0.176. The van der Waals surface area contributed by atoms with Gasteiger partial charge in [0.1, 0.15) is 16.9 Å².